The molecule has 1 atom stereocenters. The zero-order valence-electron chi connectivity index (χ0n) is 17.0. The molecule has 2 N–H and O–H groups in total. The highest BCUT2D eigenvalue weighted by Crippen LogP contribution is 2.39. The smallest absolute Gasteiger partial charge is 0.333 e. The second-order valence-electron chi connectivity index (χ2n) is 7.67. The van der Waals surface area contributed by atoms with E-state index >= 15 is 0 Å². The Kier molecular flexibility index (Phi) is 6.30. The van der Waals surface area contributed by atoms with E-state index in [0.717, 1.165) is 42.7 Å². The van der Waals surface area contributed by atoms with E-state index < -0.39 is 17.6 Å². The normalized spacial score (nSPS) is 16.9. The Balaban J connectivity index is 1.82. The number of halogens is 4. The Morgan fingerprint density at radius 3 is 2.56 bits per heavy atom. The average Bonchev–Trinajstić information content (AvgIpc) is 3.24. The Morgan fingerprint density at radius 2 is 1.88 bits per heavy atom. The summed E-state index contributed by atoms with van der Waals surface area (Å²) in [4.78, 5) is 20.0. The van der Waals surface area contributed by atoms with E-state index in [-0.39, 0.29) is 23.2 Å². The number of rotatable bonds is 4. The fourth-order valence-corrected chi connectivity index (χ4v) is 4.92. The molecule has 3 aromatic rings. The topological polar surface area (TPSA) is 59.2 Å². The molecule has 1 aliphatic heterocycles. The van der Waals surface area contributed by atoms with E-state index in [2.05, 4.69) is 4.98 Å². The van der Waals surface area contributed by atoms with Crippen LogP contribution in [-0.2, 0) is 6.18 Å². The maximum atomic E-state index is 13.5. The zero-order chi connectivity index (χ0) is 22.9. The van der Waals surface area contributed by atoms with Crippen molar-refractivity contribution >= 4 is 17.2 Å². The molecule has 1 aromatic heterocycles. The number of benzene rings is 2. The van der Waals surface area contributed by atoms with Crippen LogP contribution in [0.25, 0.3) is 21.0 Å². The maximum Gasteiger partial charge on any atom is 0.416 e. The molecule has 1 saturated heterocycles. The van der Waals surface area contributed by atoms with Gasteiger partial charge in [-0.05, 0) is 61.2 Å². The van der Waals surface area contributed by atoms with Gasteiger partial charge in [-0.25, -0.2) is 9.37 Å². The number of hydrogen-bond acceptors (Lipinski definition) is 4. The minimum absolute atomic E-state index is 0.0917. The molecule has 1 unspecified atom stereocenters. The van der Waals surface area contributed by atoms with E-state index in [1.54, 1.807) is 4.90 Å². The highest BCUT2D eigenvalue weighted by molar-refractivity contribution is 7.18. The first-order valence-electron chi connectivity index (χ1n) is 10.2. The van der Waals surface area contributed by atoms with Gasteiger partial charge in [-0.15, -0.1) is 11.3 Å². The molecule has 168 valence electrons. The first-order valence-corrected chi connectivity index (χ1v) is 11.0. The molecule has 0 spiro atoms. The van der Waals surface area contributed by atoms with Gasteiger partial charge in [0.2, 0.25) is 0 Å². The molecule has 4 nitrogen and oxygen atoms in total. The van der Waals surface area contributed by atoms with Crippen LogP contribution in [0.3, 0.4) is 0 Å². The van der Waals surface area contributed by atoms with Gasteiger partial charge in [0.05, 0.1) is 10.4 Å². The Labute approximate surface area is 186 Å². The van der Waals surface area contributed by atoms with E-state index in [1.165, 1.54) is 36.4 Å². The van der Waals surface area contributed by atoms with Gasteiger partial charge in [0.15, 0.2) is 0 Å². The fraction of sp³-hybridized carbons (Fsp3) is 0.304. The number of nitrogens with two attached hydrogens (primary N) is 1. The zero-order valence-corrected chi connectivity index (χ0v) is 17.8. The molecule has 1 fully saturated rings. The molecule has 0 bridgehead atoms. The number of likely N-dealkylation sites (tertiary alicyclic amines) is 1. The first-order chi connectivity index (χ1) is 15.3. The molecular weight excluding hydrogens is 442 g/mol. The molecule has 1 amide bonds. The van der Waals surface area contributed by atoms with Crippen molar-refractivity contribution in [3.63, 3.8) is 0 Å². The number of thiazole rings is 1. The molecular formula is C23H21F4N3OS. The van der Waals surface area contributed by atoms with Crippen LogP contribution in [0.15, 0.2) is 48.5 Å². The molecule has 9 heteroatoms. The minimum Gasteiger partial charge on any atom is -0.333 e. The largest absolute Gasteiger partial charge is 0.416 e. The minimum atomic E-state index is -4.51. The van der Waals surface area contributed by atoms with Crippen LogP contribution < -0.4 is 5.73 Å². The van der Waals surface area contributed by atoms with Crippen LogP contribution in [0.2, 0.25) is 0 Å². The van der Waals surface area contributed by atoms with Crippen molar-refractivity contribution in [3.8, 4) is 21.0 Å². The monoisotopic (exact) mass is 463 g/mol. The number of carbonyl (C=O) groups is 1. The molecule has 2 heterocycles. The van der Waals surface area contributed by atoms with Gasteiger partial charge >= 0.3 is 6.18 Å². The summed E-state index contributed by atoms with van der Waals surface area (Å²) < 4.78 is 53.3. The number of carbonyl (C=O) groups excluding carboxylic acids is 1. The van der Waals surface area contributed by atoms with Gasteiger partial charge in [-0.3, -0.25) is 4.79 Å². The number of piperidine rings is 1. The van der Waals surface area contributed by atoms with Gasteiger partial charge in [0.25, 0.3) is 5.91 Å². The summed E-state index contributed by atoms with van der Waals surface area (Å²) in [5.74, 6) is -0.768. The number of alkyl halides is 3. The lowest BCUT2D eigenvalue weighted by Crippen LogP contribution is -2.47. The molecule has 0 saturated carbocycles. The second-order valence-corrected chi connectivity index (χ2v) is 8.67. The Morgan fingerprint density at radius 1 is 1.12 bits per heavy atom. The van der Waals surface area contributed by atoms with Gasteiger partial charge < -0.3 is 10.6 Å². The van der Waals surface area contributed by atoms with Crippen LogP contribution >= 0.6 is 11.3 Å². The first kappa shape index (κ1) is 22.4. The van der Waals surface area contributed by atoms with E-state index in [4.69, 9.17) is 5.73 Å². The van der Waals surface area contributed by atoms with Crippen molar-refractivity contribution in [1.29, 1.82) is 0 Å². The maximum absolute atomic E-state index is 13.5. The van der Waals surface area contributed by atoms with Crippen molar-refractivity contribution < 1.29 is 22.4 Å². The fourth-order valence-electron chi connectivity index (χ4n) is 3.86. The molecule has 0 aliphatic carbocycles. The van der Waals surface area contributed by atoms with Gasteiger partial charge in [0, 0.05) is 24.7 Å². The molecule has 32 heavy (non-hydrogen) atoms. The van der Waals surface area contributed by atoms with Crippen LogP contribution in [0, 0.1) is 5.82 Å². The number of aromatic nitrogens is 1. The number of hydrogen-bond donors (Lipinski definition) is 1. The Bertz CT molecular complexity index is 1110. The summed E-state index contributed by atoms with van der Waals surface area (Å²) in [6.45, 7) is 0.825. The van der Waals surface area contributed by atoms with Crippen molar-refractivity contribution in [1.82, 2.24) is 9.88 Å². The number of nitrogens with zero attached hydrogens (tertiary/aromatic N) is 2. The van der Waals surface area contributed by atoms with Gasteiger partial charge in [0.1, 0.15) is 16.5 Å². The summed E-state index contributed by atoms with van der Waals surface area (Å²) >= 11 is 1.11. The van der Waals surface area contributed by atoms with Gasteiger partial charge in [-0.1, -0.05) is 12.1 Å². The highest BCUT2D eigenvalue weighted by atomic mass is 32.1. The average molecular weight is 464 g/mol. The molecule has 1 aliphatic rings. The summed E-state index contributed by atoms with van der Waals surface area (Å²) in [6.07, 6.45) is -1.95. The molecule has 2 aromatic carbocycles. The Hall–Kier alpha value is -2.78. The summed E-state index contributed by atoms with van der Waals surface area (Å²) in [7, 11) is 0. The lowest BCUT2D eigenvalue weighted by atomic mass is 10.0. The van der Waals surface area contributed by atoms with Gasteiger partial charge in [-0.2, -0.15) is 13.2 Å². The van der Waals surface area contributed by atoms with E-state index in [1.807, 2.05) is 0 Å². The number of amides is 1. The lowest BCUT2D eigenvalue weighted by molar-refractivity contribution is -0.137. The summed E-state index contributed by atoms with van der Waals surface area (Å²) in [5.41, 5.74) is 5.99. The quantitative estimate of drug-likeness (QED) is 0.514. The van der Waals surface area contributed by atoms with Crippen molar-refractivity contribution in [3.05, 3.63) is 65.6 Å². The third-order valence-corrected chi connectivity index (χ3v) is 6.69. The highest BCUT2D eigenvalue weighted by Gasteiger charge is 2.33. The van der Waals surface area contributed by atoms with Crippen molar-refractivity contribution in [2.24, 2.45) is 5.73 Å². The van der Waals surface area contributed by atoms with Crippen LogP contribution in [-0.4, -0.2) is 34.9 Å². The van der Waals surface area contributed by atoms with Crippen molar-refractivity contribution in [2.75, 3.05) is 13.1 Å². The third-order valence-electron chi connectivity index (χ3n) is 5.53. The second kappa shape index (κ2) is 8.99. The van der Waals surface area contributed by atoms with Crippen LogP contribution in [0.5, 0.6) is 0 Å². The molecule has 4 rings (SSSR count). The van der Waals surface area contributed by atoms with Crippen molar-refractivity contribution in [2.45, 2.75) is 31.5 Å². The lowest BCUT2D eigenvalue weighted by Gasteiger charge is -2.34. The standard InChI is InChI=1S/C23H21F4N3OS/c24-17-9-7-14(8-10-17)21-29-19(22(31)30-11-2-1-6-18(30)13-28)20(32-21)15-4-3-5-16(12-15)23(25,26)27/h3-5,7-10,12,18H,1-2,6,11,13,28H2. The summed E-state index contributed by atoms with van der Waals surface area (Å²) in [5, 5.41) is 0.432. The predicted octanol–water partition coefficient (Wildman–Crippen LogP) is 5.59. The van der Waals surface area contributed by atoms with Crippen LogP contribution in [0.1, 0.15) is 35.3 Å². The summed E-state index contributed by atoms with van der Waals surface area (Å²) in [6, 6.07) is 10.3. The van der Waals surface area contributed by atoms with Crippen LogP contribution in [0.4, 0.5) is 17.6 Å². The third kappa shape index (κ3) is 4.54. The van der Waals surface area contributed by atoms with E-state index in [0.29, 0.717) is 28.5 Å². The van der Waals surface area contributed by atoms with E-state index in [9.17, 15) is 22.4 Å². The predicted molar refractivity (Wildman–Crippen MR) is 116 cm³/mol. The SMILES string of the molecule is NCC1CCCCN1C(=O)c1nc(-c2ccc(F)cc2)sc1-c1cccc(C(F)(F)F)c1. The molecule has 0 radical (unpaired) electrons.